The Hall–Kier alpha value is -1.98. The van der Waals surface area contributed by atoms with Crippen molar-refractivity contribution >= 4 is 11.9 Å². The Bertz CT molecular complexity index is 546. The van der Waals surface area contributed by atoms with E-state index in [9.17, 15) is 4.79 Å². The smallest absolute Gasteiger partial charge is 0.287 e. The van der Waals surface area contributed by atoms with E-state index in [0.717, 1.165) is 12.5 Å². The maximum atomic E-state index is 11.8. The number of nitrogens with zero attached hydrogens (tertiary/aromatic N) is 1. The van der Waals surface area contributed by atoms with E-state index in [0.29, 0.717) is 30.2 Å². The topological polar surface area (TPSA) is 78.7 Å². The van der Waals surface area contributed by atoms with Crippen molar-refractivity contribution in [1.29, 1.82) is 0 Å². The fraction of sp³-hybridized carbons (Fsp3) is 0.684. The number of aliphatic imine (C=N–C) groups is 1. The van der Waals surface area contributed by atoms with Gasteiger partial charge in [0.2, 0.25) is 0 Å². The number of carbonyl (C=O) groups is 1. The molecule has 2 rings (SSSR count). The van der Waals surface area contributed by atoms with Crippen LogP contribution in [0.15, 0.2) is 27.8 Å². The number of nitrogens with one attached hydrogen (secondary N) is 3. The first-order chi connectivity index (χ1) is 12.0. The fourth-order valence-corrected chi connectivity index (χ4v) is 3.79. The van der Waals surface area contributed by atoms with E-state index in [4.69, 9.17) is 4.42 Å². The number of guanidine groups is 1. The van der Waals surface area contributed by atoms with Gasteiger partial charge in [0.05, 0.1) is 6.26 Å². The van der Waals surface area contributed by atoms with Gasteiger partial charge >= 0.3 is 0 Å². The fourth-order valence-electron chi connectivity index (χ4n) is 3.79. The summed E-state index contributed by atoms with van der Waals surface area (Å²) in [6.45, 7) is 6.69. The van der Waals surface area contributed by atoms with E-state index < -0.39 is 0 Å². The standard InChI is InChI=1S/C19H32N4O2/c1-15(2)13-19(8-4-5-9-19)14-23-18(20-3)22-11-10-21-17(24)16-7-6-12-25-16/h6-7,12,15H,4-5,8-11,13-14H2,1-3H3,(H,21,24)(H2,20,22,23). The van der Waals surface area contributed by atoms with Crippen LogP contribution in [-0.4, -0.2) is 38.5 Å². The Morgan fingerprint density at radius 3 is 2.56 bits per heavy atom. The highest BCUT2D eigenvalue weighted by Crippen LogP contribution is 2.42. The number of carbonyl (C=O) groups excluding carboxylic acids is 1. The summed E-state index contributed by atoms with van der Waals surface area (Å²) < 4.78 is 5.06. The molecule has 3 N–H and O–H groups in total. The van der Waals surface area contributed by atoms with Crippen molar-refractivity contribution in [3.05, 3.63) is 24.2 Å². The van der Waals surface area contributed by atoms with Gasteiger partial charge in [-0.15, -0.1) is 0 Å². The first-order valence-corrected chi connectivity index (χ1v) is 9.31. The highest BCUT2D eigenvalue weighted by molar-refractivity contribution is 5.91. The average Bonchev–Trinajstić information content (AvgIpc) is 3.25. The molecule has 0 saturated heterocycles. The maximum absolute atomic E-state index is 11.8. The van der Waals surface area contributed by atoms with Gasteiger partial charge in [0.15, 0.2) is 11.7 Å². The van der Waals surface area contributed by atoms with Gasteiger partial charge in [-0.1, -0.05) is 26.7 Å². The minimum atomic E-state index is -0.198. The summed E-state index contributed by atoms with van der Waals surface area (Å²) in [4.78, 5) is 16.1. The molecule has 1 aliphatic rings. The van der Waals surface area contributed by atoms with Crippen LogP contribution in [0.2, 0.25) is 0 Å². The second-order valence-corrected chi connectivity index (χ2v) is 7.39. The zero-order chi connectivity index (χ0) is 18.1. The molecule has 0 radical (unpaired) electrons. The number of amides is 1. The average molecular weight is 348 g/mol. The van der Waals surface area contributed by atoms with Crippen LogP contribution in [0.25, 0.3) is 0 Å². The molecule has 0 atom stereocenters. The Morgan fingerprint density at radius 2 is 1.96 bits per heavy atom. The van der Waals surface area contributed by atoms with E-state index >= 15 is 0 Å². The van der Waals surface area contributed by atoms with Crippen molar-refractivity contribution in [2.45, 2.75) is 46.0 Å². The second kappa shape index (κ2) is 9.49. The predicted molar refractivity (Wildman–Crippen MR) is 101 cm³/mol. The van der Waals surface area contributed by atoms with E-state index in [2.05, 4.69) is 34.8 Å². The highest BCUT2D eigenvalue weighted by Gasteiger charge is 2.34. The minimum Gasteiger partial charge on any atom is -0.459 e. The molecule has 6 nitrogen and oxygen atoms in total. The lowest BCUT2D eigenvalue weighted by molar-refractivity contribution is 0.0926. The van der Waals surface area contributed by atoms with Crippen LogP contribution in [0.1, 0.15) is 56.5 Å². The van der Waals surface area contributed by atoms with Crippen LogP contribution >= 0.6 is 0 Å². The third kappa shape index (κ3) is 6.11. The molecular formula is C19H32N4O2. The number of hydrogen-bond donors (Lipinski definition) is 3. The third-order valence-electron chi connectivity index (χ3n) is 4.81. The van der Waals surface area contributed by atoms with E-state index in [1.54, 1.807) is 19.2 Å². The summed E-state index contributed by atoms with van der Waals surface area (Å²) in [7, 11) is 1.78. The van der Waals surface area contributed by atoms with Gasteiger partial charge in [-0.3, -0.25) is 9.79 Å². The van der Waals surface area contributed by atoms with Crippen LogP contribution in [0.5, 0.6) is 0 Å². The van der Waals surface area contributed by atoms with Gasteiger partial charge in [-0.2, -0.15) is 0 Å². The summed E-state index contributed by atoms with van der Waals surface area (Å²) in [5, 5.41) is 9.56. The lowest BCUT2D eigenvalue weighted by atomic mass is 9.78. The van der Waals surface area contributed by atoms with Crippen molar-refractivity contribution in [3.8, 4) is 0 Å². The highest BCUT2D eigenvalue weighted by atomic mass is 16.3. The quantitative estimate of drug-likeness (QED) is 0.383. The zero-order valence-corrected chi connectivity index (χ0v) is 15.7. The van der Waals surface area contributed by atoms with Crippen LogP contribution in [0.4, 0.5) is 0 Å². The van der Waals surface area contributed by atoms with Crippen molar-refractivity contribution in [2.75, 3.05) is 26.7 Å². The van der Waals surface area contributed by atoms with E-state index in [-0.39, 0.29) is 5.91 Å². The molecule has 0 spiro atoms. The van der Waals surface area contributed by atoms with Crippen molar-refractivity contribution in [3.63, 3.8) is 0 Å². The summed E-state index contributed by atoms with van der Waals surface area (Å²) in [6, 6.07) is 3.36. The van der Waals surface area contributed by atoms with Gasteiger partial charge in [-0.05, 0) is 42.7 Å². The van der Waals surface area contributed by atoms with E-state index in [1.807, 2.05) is 0 Å². The molecule has 1 saturated carbocycles. The molecule has 1 aromatic heterocycles. The number of rotatable bonds is 8. The van der Waals surface area contributed by atoms with Crippen molar-refractivity contribution in [1.82, 2.24) is 16.0 Å². The SMILES string of the molecule is CN=C(NCCNC(=O)c1ccco1)NCC1(CC(C)C)CCCC1. The Morgan fingerprint density at radius 1 is 1.24 bits per heavy atom. The molecule has 0 aliphatic heterocycles. The second-order valence-electron chi connectivity index (χ2n) is 7.39. The van der Waals surface area contributed by atoms with Gasteiger partial charge in [0.25, 0.3) is 5.91 Å². The lowest BCUT2D eigenvalue weighted by Gasteiger charge is -2.31. The molecule has 6 heteroatoms. The van der Waals surface area contributed by atoms with Gasteiger partial charge in [0, 0.05) is 26.7 Å². The molecule has 1 heterocycles. The molecule has 1 aromatic rings. The predicted octanol–water partition coefficient (Wildman–Crippen LogP) is 2.78. The van der Waals surface area contributed by atoms with Crippen molar-refractivity contribution in [2.24, 2.45) is 16.3 Å². The summed E-state index contributed by atoms with van der Waals surface area (Å²) in [6.07, 6.45) is 8.02. The molecule has 25 heavy (non-hydrogen) atoms. The molecule has 140 valence electrons. The van der Waals surface area contributed by atoms with E-state index in [1.165, 1.54) is 38.4 Å². The van der Waals surface area contributed by atoms with Crippen molar-refractivity contribution < 1.29 is 9.21 Å². The number of hydrogen-bond acceptors (Lipinski definition) is 3. The van der Waals surface area contributed by atoms with Gasteiger partial charge in [0.1, 0.15) is 0 Å². The maximum Gasteiger partial charge on any atom is 0.287 e. The molecule has 1 amide bonds. The molecule has 0 bridgehead atoms. The lowest BCUT2D eigenvalue weighted by Crippen LogP contribution is -2.45. The first-order valence-electron chi connectivity index (χ1n) is 9.31. The first kappa shape index (κ1) is 19.3. The summed E-state index contributed by atoms with van der Waals surface area (Å²) >= 11 is 0. The summed E-state index contributed by atoms with van der Waals surface area (Å²) in [5.74, 6) is 1.64. The third-order valence-corrected chi connectivity index (χ3v) is 4.81. The van der Waals surface area contributed by atoms with Gasteiger partial charge < -0.3 is 20.4 Å². The van der Waals surface area contributed by atoms with Crippen LogP contribution < -0.4 is 16.0 Å². The molecule has 0 unspecified atom stereocenters. The zero-order valence-electron chi connectivity index (χ0n) is 15.7. The van der Waals surface area contributed by atoms with Crippen LogP contribution in [0, 0.1) is 11.3 Å². The van der Waals surface area contributed by atoms with Gasteiger partial charge in [-0.25, -0.2) is 0 Å². The minimum absolute atomic E-state index is 0.198. The Labute approximate surface area is 150 Å². The molecule has 0 aromatic carbocycles. The number of furan rings is 1. The molecule has 1 fully saturated rings. The largest absolute Gasteiger partial charge is 0.459 e. The molecular weight excluding hydrogens is 316 g/mol. The monoisotopic (exact) mass is 348 g/mol. The molecule has 1 aliphatic carbocycles. The normalized spacial score (nSPS) is 16.9. The van der Waals surface area contributed by atoms with Crippen LogP contribution in [-0.2, 0) is 0 Å². The Kier molecular flexibility index (Phi) is 7.34. The Balaban J connectivity index is 1.70. The van der Waals surface area contributed by atoms with Crippen LogP contribution in [0.3, 0.4) is 0 Å². The summed E-state index contributed by atoms with van der Waals surface area (Å²) in [5.41, 5.74) is 0.402.